The van der Waals surface area contributed by atoms with Gasteiger partial charge in [0.05, 0.1) is 22.8 Å². The fourth-order valence-electron chi connectivity index (χ4n) is 3.82. The molecule has 0 atom stereocenters. The Balaban J connectivity index is 1.44. The smallest absolute Gasteiger partial charge is 0.241 e. The van der Waals surface area contributed by atoms with Crippen molar-refractivity contribution in [1.82, 2.24) is 25.1 Å². The first-order valence-electron chi connectivity index (χ1n) is 10.8. The van der Waals surface area contributed by atoms with Crippen LogP contribution in [-0.4, -0.2) is 25.7 Å². The van der Waals surface area contributed by atoms with Crippen molar-refractivity contribution in [3.05, 3.63) is 103 Å². The lowest BCUT2D eigenvalue weighted by molar-refractivity contribution is -0.122. The Morgan fingerprint density at radius 2 is 1.74 bits per heavy atom. The van der Waals surface area contributed by atoms with E-state index in [-0.39, 0.29) is 12.5 Å². The van der Waals surface area contributed by atoms with Gasteiger partial charge >= 0.3 is 0 Å². The summed E-state index contributed by atoms with van der Waals surface area (Å²) in [6.07, 6.45) is 5.39. The number of rotatable bonds is 6. The highest BCUT2D eigenvalue weighted by Crippen LogP contribution is 2.34. The highest BCUT2D eigenvalue weighted by molar-refractivity contribution is 5.97. The average molecular weight is 444 g/mol. The first-order valence-corrected chi connectivity index (χ1v) is 10.8. The van der Waals surface area contributed by atoms with Crippen LogP contribution in [0.15, 0.2) is 91.4 Å². The summed E-state index contributed by atoms with van der Waals surface area (Å²) in [5, 5.41) is 17.6. The Morgan fingerprint density at radius 1 is 0.912 bits per heavy atom. The number of fused-ring (bicyclic) bond motifs is 1. The largest absolute Gasteiger partial charge is 0.350 e. The van der Waals surface area contributed by atoms with Gasteiger partial charge in [0.25, 0.3) is 0 Å². The van der Waals surface area contributed by atoms with E-state index in [4.69, 9.17) is 10.4 Å². The zero-order chi connectivity index (χ0) is 23.3. The number of pyridine rings is 2. The third-order valence-corrected chi connectivity index (χ3v) is 5.49. The van der Waals surface area contributed by atoms with Crippen LogP contribution in [0.3, 0.4) is 0 Å². The molecule has 1 N–H and O–H groups in total. The molecular formula is C27H20N6O. The zero-order valence-electron chi connectivity index (χ0n) is 18.2. The molecule has 0 saturated carbocycles. The lowest BCUT2D eigenvalue weighted by Crippen LogP contribution is -2.27. The summed E-state index contributed by atoms with van der Waals surface area (Å²) in [4.78, 5) is 21.6. The maximum Gasteiger partial charge on any atom is 0.241 e. The topological polar surface area (TPSA) is 96.5 Å². The van der Waals surface area contributed by atoms with Gasteiger partial charge in [0, 0.05) is 36.1 Å². The SMILES string of the molecule is N#Cc1ccc(CNC(=O)Cn2cc(-c3ccnc4ccccc34)c(-c3ccccn3)n2)cc1. The zero-order valence-corrected chi connectivity index (χ0v) is 18.2. The number of nitrogens with zero attached hydrogens (tertiary/aromatic N) is 5. The van der Waals surface area contributed by atoms with Crippen molar-refractivity contribution >= 4 is 16.8 Å². The van der Waals surface area contributed by atoms with Crippen LogP contribution in [0.5, 0.6) is 0 Å². The maximum absolute atomic E-state index is 12.7. The first-order chi connectivity index (χ1) is 16.7. The van der Waals surface area contributed by atoms with Gasteiger partial charge in [-0.15, -0.1) is 0 Å². The van der Waals surface area contributed by atoms with E-state index >= 15 is 0 Å². The monoisotopic (exact) mass is 444 g/mol. The molecule has 7 nitrogen and oxygen atoms in total. The van der Waals surface area contributed by atoms with Gasteiger partial charge in [-0.2, -0.15) is 10.4 Å². The molecule has 0 aliphatic carbocycles. The van der Waals surface area contributed by atoms with Crippen LogP contribution in [0.25, 0.3) is 33.4 Å². The first kappa shape index (κ1) is 21.0. The number of hydrogen-bond donors (Lipinski definition) is 1. The second kappa shape index (κ2) is 9.35. The van der Waals surface area contributed by atoms with Crippen molar-refractivity contribution in [2.24, 2.45) is 0 Å². The van der Waals surface area contributed by atoms with Crippen molar-refractivity contribution < 1.29 is 4.79 Å². The van der Waals surface area contributed by atoms with Gasteiger partial charge in [0.1, 0.15) is 12.2 Å². The van der Waals surface area contributed by atoms with E-state index in [1.165, 1.54) is 0 Å². The fourth-order valence-corrected chi connectivity index (χ4v) is 3.82. The van der Waals surface area contributed by atoms with Gasteiger partial charge in [-0.05, 0) is 47.5 Å². The molecule has 3 aromatic heterocycles. The molecular weight excluding hydrogens is 424 g/mol. The number of nitrogens with one attached hydrogen (secondary N) is 1. The lowest BCUT2D eigenvalue weighted by Gasteiger charge is -2.06. The summed E-state index contributed by atoms with van der Waals surface area (Å²) in [7, 11) is 0. The van der Waals surface area contributed by atoms with Crippen molar-refractivity contribution in [2.45, 2.75) is 13.1 Å². The molecule has 164 valence electrons. The van der Waals surface area contributed by atoms with Crippen LogP contribution in [0.2, 0.25) is 0 Å². The highest BCUT2D eigenvalue weighted by atomic mass is 16.2. The third kappa shape index (κ3) is 4.38. The molecule has 5 rings (SSSR count). The minimum absolute atomic E-state index is 0.0686. The van der Waals surface area contributed by atoms with Crippen molar-refractivity contribution in [2.75, 3.05) is 0 Å². The van der Waals surface area contributed by atoms with Gasteiger partial charge in [-0.1, -0.05) is 36.4 Å². The molecule has 3 heterocycles. The van der Waals surface area contributed by atoms with Crippen LogP contribution in [0.1, 0.15) is 11.1 Å². The average Bonchev–Trinajstić information content (AvgIpc) is 3.31. The summed E-state index contributed by atoms with van der Waals surface area (Å²) in [6.45, 7) is 0.444. The summed E-state index contributed by atoms with van der Waals surface area (Å²) in [5.74, 6) is -0.162. The number of carbonyl (C=O) groups excluding carboxylic acids is 1. The van der Waals surface area contributed by atoms with E-state index in [0.717, 1.165) is 33.3 Å². The summed E-state index contributed by atoms with van der Waals surface area (Å²) < 4.78 is 1.64. The van der Waals surface area contributed by atoms with E-state index in [1.807, 2.05) is 66.9 Å². The Hall–Kier alpha value is -4.83. The van der Waals surface area contributed by atoms with Crippen molar-refractivity contribution in [3.8, 4) is 28.6 Å². The predicted molar refractivity (Wildman–Crippen MR) is 129 cm³/mol. The number of hydrogen-bond acceptors (Lipinski definition) is 5. The Bertz CT molecular complexity index is 1490. The van der Waals surface area contributed by atoms with Gasteiger partial charge in [0.15, 0.2) is 0 Å². The minimum Gasteiger partial charge on any atom is -0.350 e. The molecule has 7 heteroatoms. The summed E-state index contributed by atoms with van der Waals surface area (Å²) >= 11 is 0. The molecule has 0 spiro atoms. The third-order valence-electron chi connectivity index (χ3n) is 5.49. The van der Waals surface area contributed by atoms with Crippen molar-refractivity contribution in [1.29, 1.82) is 5.26 Å². The number of para-hydroxylation sites is 1. The molecule has 1 amide bonds. The number of carbonyl (C=O) groups is 1. The van der Waals surface area contributed by atoms with E-state index in [1.54, 1.807) is 29.2 Å². The van der Waals surface area contributed by atoms with E-state index < -0.39 is 0 Å². The van der Waals surface area contributed by atoms with Crippen LogP contribution < -0.4 is 5.32 Å². The molecule has 2 aromatic carbocycles. The van der Waals surface area contributed by atoms with Crippen LogP contribution >= 0.6 is 0 Å². The highest BCUT2D eigenvalue weighted by Gasteiger charge is 2.17. The molecule has 0 radical (unpaired) electrons. The van der Waals surface area contributed by atoms with Gasteiger partial charge in [-0.25, -0.2) is 0 Å². The Labute approximate surface area is 196 Å². The van der Waals surface area contributed by atoms with Crippen LogP contribution in [-0.2, 0) is 17.9 Å². The van der Waals surface area contributed by atoms with Gasteiger partial charge < -0.3 is 5.32 Å². The predicted octanol–water partition coefficient (Wildman–Crippen LogP) is 4.35. The number of benzene rings is 2. The molecule has 0 aliphatic rings. The second-order valence-electron chi connectivity index (χ2n) is 7.77. The Kier molecular flexibility index (Phi) is 5.78. The van der Waals surface area contributed by atoms with Crippen LogP contribution in [0, 0.1) is 11.3 Å². The standard InChI is InChI=1S/C27H20N6O/c28-15-19-8-10-20(11-9-19)16-31-26(34)18-33-17-23(27(32-33)25-7-3-4-13-29-25)21-12-14-30-24-6-2-1-5-22(21)24/h1-14,17H,16,18H2,(H,31,34). The molecule has 0 aliphatic heterocycles. The fraction of sp³-hybridized carbons (Fsp3) is 0.0741. The lowest BCUT2D eigenvalue weighted by atomic mass is 10.0. The second-order valence-corrected chi connectivity index (χ2v) is 7.77. The molecule has 5 aromatic rings. The normalized spacial score (nSPS) is 10.7. The molecule has 0 fully saturated rings. The summed E-state index contributed by atoms with van der Waals surface area (Å²) in [5.41, 5.74) is 5.70. The maximum atomic E-state index is 12.7. The summed E-state index contributed by atoms with van der Waals surface area (Å²) in [6, 6.07) is 24.8. The molecule has 0 unspecified atom stereocenters. The van der Waals surface area contributed by atoms with E-state index in [9.17, 15) is 4.79 Å². The molecule has 34 heavy (non-hydrogen) atoms. The van der Waals surface area contributed by atoms with E-state index in [2.05, 4.69) is 21.4 Å². The molecule has 0 saturated heterocycles. The molecule has 0 bridgehead atoms. The van der Waals surface area contributed by atoms with E-state index in [0.29, 0.717) is 17.8 Å². The van der Waals surface area contributed by atoms with Crippen LogP contribution in [0.4, 0.5) is 0 Å². The van der Waals surface area contributed by atoms with Gasteiger partial charge in [0.2, 0.25) is 5.91 Å². The minimum atomic E-state index is -0.162. The Morgan fingerprint density at radius 3 is 2.53 bits per heavy atom. The number of nitriles is 1. The van der Waals surface area contributed by atoms with Gasteiger partial charge in [-0.3, -0.25) is 19.4 Å². The number of aromatic nitrogens is 4. The number of amides is 1. The quantitative estimate of drug-likeness (QED) is 0.420. The van der Waals surface area contributed by atoms with Crippen molar-refractivity contribution in [3.63, 3.8) is 0 Å².